The van der Waals surface area contributed by atoms with Crippen molar-refractivity contribution >= 4 is 38.5 Å². The molecule has 7 heteroatoms. The molecule has 0 aromatic rings. The van der Waals surface area contributed by atoms with E-state index in [2.05, 4.69) is 79.7 Å². The first-order valence-corrected chi connectivity index (χ1v) is 21.8. The first-order valence-electron chi connectivity index (χ1n) is 9.24. The van der Waals surface area contributed by atoms with Gasteiger partial charge in [0, 0.05) is 48.4 Å². The molecule has 0 aromatic carbocycles. The second kappa shape index (κ2) is 5.89. The van der Waals surface area contributed by atoms with Crippen LogP contribution in [0.25, 0.3) is 0 Å². The molecule has 1 aliphatic rings. The van der Waals surface area contributed by atoms with Crippen molar-refractivity contribution in [1.82, 2.24) is 4.67 Å². The maximum absolute atomic E-state index is 17.3. The third kappa shape index (κ3) is 3.07. The quantitative estimate of drug-likeness (QED) is 0.407. The molecule has 0 aliphatic carbocycles. The third-order valence-electron chi connectivity index (χ3n) is 6.00. The lowest BCUT2D eigenvalue weighted by Crippen LogP contribution is -2.78. The normalized spacial score (nSPS) is 24.4. The zero-order valence-electron chi connectivity index (χ0n) is 18.5. The zero-order valence-corrected chi connectivity index (χ0v) is 22.5. The number of nitrogens with zero attached hydrogens (tertiary/aromatic N) is 2. The number of rotatable bonds is 4. The van der Waals surface area contributed by atoms with Crippen LogP contribution in [0.15, 0.2) is 5.10 Å². The predicted molar refractivity (Wildman–Crippen MR) is 119 cm³/mol. The van der Waals surface area contributed by atoms with E-state index in [-0.39, 0.29) is 9.32 Å². The molecule has 1 rings (SSSR count). The summed E-state index contributed by atoms with van der Waals surface area (Å²) in [5.74, 6) is 0. The van der Waals surface area contributed by atoms with Crippen LogP contribution in [0.1, 0.15) is 20.8 Å². The van der Waals surface area contributed by atoms with E-state index in [1.165, 1.54) is 0 Å². The lowest BCUT2D eigenvalue weighted by Gasteiger charge is -2.63. The Hall–Kier alpha value is 0.268. The fraction of sp³-hybridized carbons (Fsp3) is 0.941. The van der Waals surface area contributed by atoms with Gasteiger partial charge in [-0.25, -0.2) is 0 Å². The van der Waals surface area contributed by atoms with Crippen molar-refractivity contribution in [3.05, 3.63) is 0 Å². The van der Waals surface area contributed by atoms with Gasteiger partial charge in [-0.2, -0.15) is 5.10 Å². The van der Waals surface area contributed by atoms with Gasteiger partial charge < -0.3 is 0 Å². The van der Waals surface area contributed by atoms with Crippen LogP contribution in [-0.2, 0) is 0 Å². The highest BCUT2D eigenvalue weighted by atomic mass is 28.5. The molecule has 0 radical (unpaired) electrons. The van der Waals surface area contributed by atoms with Crippen molar-refractivity contribution in [2.45, 2.75) is 89.6 Å². The maximum atomic E-state index is 17.3. The minimum absolute atomic E-state index is 0.0425. The SMILES string of the molecule is CN1N=C(C(C)(C)C)C[Si]1(F)C([Si](C)(C)C)([Si](C)(C)C)[Si](C)(C)C. The summed E-state index contributed by atoms with van der Waals surface area (Å²) in [4.78, 5) is 0. The van der Waals surface area contributed by atoms with E-state index in [9.17, 15) is 0 Å². The average molecular weight is 405 g/mol. The van der Waals surface area contributed by atoms with Gasteiger partial charge in [0.05, 0.1) is 0 Å². The maximum Gasteiger partial charge on any atom is 0.368 e. The Bertz CT molecular complexity index is 485. The molecule has 0 bridgehead atoms. The fourth-order valence-corrected chi connectivity index (χ4v) is 51.9. The van der Waals surface area contributed by atoms with E-state index in [0.717, 1.165) is 5.71 Å². The van der Waals surface area contributed by atoms with Gasteiger partial charge in [-0.05, 0) is 3.91 Å². The summed E-state index contributed by atoms with van der Waals surface area (Å²) in [5, 5.41) is 4.82. The standard InChI is InChI=1S/C17H41FN2Si4/c1-16(2,3)15-14-24(18,20(4)19-15)17(21(5,6)7,22(8,9)10)23(11,12)13/h14H2,1-13H3. The van der Waals surface area contributed by atoms with E-state index >= 15 is 4.11 Å². The molecule has 0 aromatic heterocycles. The van der Waals surface area contributed by atoms with Crippen LogP contribution in [-0.4, -0.2) is 50.2 Å². The minimum atomic E-state index is -3.23. The van der Waals surface area contributed by atoms with Crippen LogP contribution in [0.2, 0.25) is 68.9 Å². The van der Waals surface area contributed by atoms with Crippen molar-refractivity contribution < 1.29 is 4.11 Å². The number of hydrogen-bond donors (Lipinski definition) is 0. The van der Waals surface area contributed by atoms with Gasteiger partial charge in [-0.15, -0.1) is 0 Å². The van der Waals surface area contributed by atoms with Gasteiger partial charge >= 0.3 is 8.57 Å². The number of hydrazone groups is 1. The Kier molecular flexibility index (Phi) is 5.47. The molecule has 24 heavy (non-hydrogen) atoms. The summed E-state index contributed by atoms with van der Waals surface area (Å²) >= 11 is 0. The molecule has 142 valence electrons. The summed E-state index contributed by atoms with van der Waals surface area (Å²) in [6, 6.07) is 0.617. The van der Waals surface area contributed by atoms with Crippen LogP contribution in [0.4, 0.5) is 4.11 Å². The largest absolute Gasteiger partial charge is 0.368 e. The zero-order chi connectivity index (χ0) is 19.6. The van der Waals surface area contributed by atoms with Crippen LogP contribution < -0.4 is 0 Å². The molecule has 0 fully saturated rings. The highest BCUT2D eigenvalue weighted by Crippen LogP contribution is 2.63. The number of hydrogen-bond acceptors (Lipinski definition) is 2. The van der Waals surface area contributed by atoms with Gasteiger partial charge in [0.2, 0.25) is 0 Å². The van der Waals surface area contributed by atoms with E-state index < -0.39 is 32.8 Å². The molecule has 0 N–H and O–H groups in total. The van der Waals surface area contributed by atoms with E-state index in [1.54, 1.807) is 0 Å². The molecule has 0 spiro atoms. The molecule has 1 unspecified atom stereocenters. The Labute approximate surface area is 154 Å². The average Bonchev–Trinajstić information content (AvgIpc) is 2.48. The van der Waals surface area contributed by atoms with Crippen molar-refractivity contribution in [3.8, 4) is 0 Å². The highest BCUT2D eigenvalue weighted by molar-refractivity contribution is 7.28. The molecule has 0 saturated carbocycles. The van der Waals surface area contributed by atoms with Crippen LogP contribution in [0.5, 0.6) is 0 Å². The molecule has 2 nitrogen and oxygen atoms in total. The van der Waals surface area contributed by atoms with Crippen LogP contribution in [0, 0.1) is 5.41 Å². The van der Waals surface area contributed by atoms with Crippen LogP contribution >= 0.6 is 0 Å². The summed E-state index contributed by atoms with van der Waals surface area (Å²) in [6.07, 6.45) is 0. The summed E-state index contributed by atoms with van der Waals surface area (Å²) in [5.41, 5.74) is 1.04. The Balaban J connectivity index is 3.77. The second-order valence-corrected chi connectivity index (χ2v) is 33.8. The predicted octanol–water partition coefficient (Wildman–Crippen LogP) is 6.12. The molecule has 1 heterocycles. The Morgan fingerprint density at radius 3 is 1.42 bits per heavy atom. The van der Waals surface area contributed by atoms with Gasteiger partial charge in [0.1, 0.15) is 0 Å². The van der Waals surface area contributed by atoms with Crippen molar-refractivity contribution in [3.63, 3.8) is 0 Å². The smallest absolute Gasteiger partial charge is 0.296 e. The van der Waals surface area contributed by atoms with Crippen molar-refractivity contribution in [2.24, 2.45) is 10.5 Å². The van der Waals surface area contributed by atoms with E-state index in [4.69, 9.17) is 5.10 Å². The van der Waals surface area contributed by atoms with Crippen LogP contribution in [0.3, 0.4) is 0 Å². The van der Waals surface area contributed by atoms with Crippen molar-refractivity contribution in [2.75, 3.05) is 7.05 Å². The van der Waals surface area contributed by atoms with E-state index in [0.29, 0.717) is 6.04 Å². The monoisotopic (exact) mass is 404 g/mol. The highest BCUT2D eigenvalue weighted by Gasteiger charge is 2.76. The first-order chi connectivity index (χ1) is 10.2. The molecular weight excluding hydrogens is 364 g/mol. The summed E-state index contributed by atoms with van der Waals surface area (Å²) in [7, 11) is -6.63. The molecule has 0 saturated heterocycles. The Morgan fingerprint density at radius 1 is 0.875 bits per heavy atom. The fourth-order valence-electron chi connectivity index (χ4n) is 6.52. The van der Waals surface area contributed by atoms with E-state index in [1.807, 2.05) is 11.7 Å². The first kappa shape index (κ1) is 22.3. The molecule has 1 atom stereocenters. The van der Waals surface area contributed by atoms with Gasteiger partial charge in [0.25, 0.3) is 0 Å². The lowest BCUT2D eigenvalue weighted by molar-refractivity contribution is 0.477. The minimum Gasteiger partial charge on any atom is -0.296 e. The summed E-state index contributed by atoms with van der Waals surface area (Å²) in [6.45, 7) is 28.4. The van der Waals surface area contributed by atoms with Gasteiger partial charge in [0.15, 0.2) is 0 Å². The Morgan fingerprint density at radius 2 is 1.21 bits per heavy atom. The lowest BCUT2D eigenvalue weighted by atomic mass is 9.91. The number of halogens is 1. The van der Waals surface area contributed by atoms with Gasteiger partial charge in [-0.1, -0.05) is 79.7 Å². The van der Waals surface area contributed by atoms with Gasteiger partial charge in [-0.3, -0.25) is 8.78 Å². The molecular formula is C17H41FN2Si4. The summed E-state index contributed by atoms with van der Waals surface area (Å²) < 4.78 is 19.2. The second-order valence-electron chi connectivity index (χ2n) is 11.8. The van der Waals surface area contributed by atoms with Crippen molar-refractivity contribution in [1.29, 1.82) is 0 Å². The molecule has 1 aliphatic heterocycles. The third-order valence-corrected chi connectivity index (χ3v) is 39.5. The topological polar surface area (TPSA) is 15.6 Å². The molecule has 0 amide bonds.